The number of unbranched alkanes of at least 4 members (excludes halogenated alkanes) is 16. The Morgan fingerprint density at radius 2 is 0.651 bits per heavy atom. The highest BCUT2D eigenvalue weighted by Gasteiger charge is 2.37. The number of rotatable bonds is 23. The van der Waals surface area contributed by atoms with Crippen molar-refractivity contribution in [1.82, 2.24) is 0 Å². The van der Waals surface area contributed by atoms with E-state index in [0.717, 1.165) is 42.6 Å². The molecule has 0 radical (unpaired) electrons. The Morgan fingerprint density at radius 3 is 0.953 bits per heavy atom. The van der Waals surface area contributed by atoms with Gasteiger partial charge in [-0.25, -0.2) is 0 Å². The Bertz CT molecular complexity index is 969. The van der Waals surface area contributed by atoms with Crippen LogP contribution in [0.15, 0.2) is 91.0 Å². The second kappa shape index (κ2) is 20.4. The van der Waals surface area contributed by atoms with Crippen molar-refractivity contribution < 1.29 is 17.9 Å². The van der Waals surface area contributed by atoms with Gasteiger partial charge in [0.15, 0.2) is 0 Å². The minimum atomic E-state index is -3.99. The van der Waals surface area contributed by atoms with Crippen molar-refractivity contribution in [3.63, 3.8) is 0 Å². The van der Waals surface area contributed by atoms with Crippen LogP contribution in [0.2, 0.25) is 0 Å². The van der Waals surface area contributed by atoms with Gasteiger partial charge in [0.25, 0.3) is 0 Å². The lowest BCUT2D eigenvalue weighted by molar-refractivity contribution is -0.135. The van der Waals surface area contributed by atoms with Crippen LogP contribution in [0.4, 0.5) is 13.2 Å². The normalized spacial score (nSPS) is 12.1. The molecule has 0 aliphatic heterocycles. The second-order valence-corrected chi connectivity index (χ2v) is 12.0. The summed E-state index contributed by atoms with van der Waals surface area (Å²) in [5.74, 6) is 0. The summed E-state index contributed by atoms with van der Waals surface area (Å²) in [5, 5.41) is 0. The summed E-state index contributed by atoms with van der Waals surface area (Å²) in [6.07, 6.45) is 14.8. The first-order valence-electron chi connectivity index (χ1n) is 16.9. The zero-order chi connectivity index (χ0) is 30.5. The first-order valence-corrected chi connectivity index (χ1v) is 16.9. The van der Waals surface area contributed by atoms with Crippen LogP contribution in [0.5, 0.6) is 0 Å². The molecular weight excluding hydrogens is 541 g/mol. The zero-order valence-electron chi connectivity index (χ0n) is 26.1. The number of hydrogen-bond acceptors (Lipinski definition) is 1. The molecule has 0 aromatic heterocycles. The van der Waals surface area contributed by atoms with Crippen molar-refractivity contribution in [2.45, 2.75) is 127 Å². The monoisotopic (exact) mass is 594 g/mol. The van der Waals surface area contributed by atoms with Crippen LogP contribution in [-0.4, -0.2) is 12.8 Å². The van der Waals surface area contributed by atoms with E-state index in [4.69, 9.17) is 4.74 Å². The SMILES string of the molecule is FC(F)(F)CCCCCCCCCCCCCCCCCCCOC(c1ccccc1)(c1ccccc1)c1ccccc1. The van der Waals surface area contributed by atoms with Gasteiger partial charge < -0.3 is 4.74 Å². The summed E-state index contributed by atoms with van der Waals surface area (Å²) >= 11 is 0. The Morgan fingerprint density at radius 1 is 0.372 bits per heavy atom. The van der Waals surface area contributed by atoms with Crippen molar-refractivity contribution in [2.75, 3.05) is 6.61 Å². The Kier molecular flexibility index (Phi) is 16.5. The molecule has 3 rings (SSSR count). The van der Waals surface area contributed by atoms with E-state index in [-0.39, 0.29) is 6.42 Å². The predicted octanol–water partition coefficient (Wildman–Crippen LogP) is 12.6. The fourth-order valence-corrected chi connectivity index (χ4v) is 6.07. The lowest BCUT2D eigenvalue weighted by atomic mass is 9.80. The Labute approximate surface area is 259 Å². The maximum atomic E-state index is 12.1. The number of hydrogen-bond donors (Lipinski definition) is 0. The molecule has 0 spiro atoms. The molecule has 43 heavy (non-hydrogen) atoms. The molecule has 0 saturated heterocycles. The van der Waals surface area contributed by atoms with Gasteiger partial charge in [0.1, 0.15) is 5.60 Å². The molecule has 0 amide bonds. The maximum Gasteiger partial charge on any atom is 0.389 e. The van der Waals surface area contributed by atoms with Gasteiger partial charge in [-0.1, -0.05) is 187 Å². The highest BCUT2D eigenvalue weighted by molar-refractivity contribution is 5.47. The van der Waals surface area contributed by atoms with E-state index >= 15 is 0 Å². The molecule has 3 aromatic carbocycles. The van der Waals surface area contributed by atoms with Crippen LogP contribution in [0, 0.1) is 0 Å². The molecule has 236 valence electrons. The summed E-state index contributed by atoms with van der Waals surface area (Å²) < 4.78 is 43.3. The first kappa shape index (κ1) is 34.9. The lowest BCUT2D eigenvalue weighted by Crippen LogP contribution is -2.33. The van der Waals surface area contributed by atoms with Crippen LogP contribution in [0.3, 0.4) is 0 Å². The molecule has 0 heterocycles. The molecule has 0 bridgehead atoms. The third-order valence-electron chi connectivity index (χ3n) is 8.46. The van der Waals surface area contributed by atoms with E-state index in [1.54, 1.807) is 0 Å². The minimum absolute atomic E-state index is 0.289. The van der Waals surface area contributed by atoms with E-state index in [9.17, 15) is 13.2 Å². The number of ether oxygens (including phenoxy) is 1. The van der Waals surface area contributed by atoms with Gasteiger partial charge in [-0.15, -0.1) is 0 Å². The average Bonchev–Trinajstić information content (AvgIpc) is 3.03. The molecule has 0 N–H and O–H groups in total. The van der Waals surface area contributed by atoms with Crippen molar-refractivity contribution in [1.29, 1.82) is 0 Å². The van der Waals surface area contributed by atoms with Crippen molar-refractivity contribution in [3.8, 4) is 0 Å². The summed E-state index contributed by atoms with van der Waals surface area (Å²) in [4.78, 5) is 0. The van der Waals surface area contributed by atoms with Crippen LogP contribution < -0.4 is 0 Å². The van der Waals surface area contributed by atoms with Gasteiger partial charge in [-0.3, -0.25) is 0 Å². The van der Waals surface area contributed by atoms with Gasteiger partial charge >= 0.3 is 6.18 Å². The Hall–Kier alpha value is -2.59. The second-order valence-electron chi connectivity index (χ2n) is 12.0. The molecule has 0 unspecified atom stereocenters. The molecule has 3 aromatic rings. The van der Waals surface area contributed by atoms with E-state index < -0.39 is 18.2 Å². The minimum Gasteiger partial charge on any atom is -0.361 e. The topological polar surface area (TPSA) is 9.23 Å². The van der Waals surface area contributed by atoms with Crippen LogP contribution >= 0.6 is 0 Å². The lowest BCUT2D eigenvalue weighted by Gasteiger charge is -2.36. The van der Waals surface area contributed by atoms with Crippen molar-refractivity contribution in [2.24, 2.45) is 0 Å². The summed E-state index contributed by atoms with van der Waals surface area (Å²) in [6.45, 7) is 0.719. The van der Waals surface area contributed by atoms with E-state index in [0.29, 0.717) is 6.42 Å². The van der Waals surface area contributed by atoms with Gasteiger partial charge in [0, 0.05) is 13.0 Å². The quantitative estimate of drug-likeness (QED) is 0.0784. The predicted molar refractivity (Wildman–Crippen MR) is 174 cm³/mol. The number of halogens is 3. The highest BCUT2D eigenvalue weighted by Crippen LogP contribution is 2.40. The molecule has 0 fully saturated rings. The summed E-state index contributed by atoms with van der Waals surface area (Å²) in [7, 11) is 0. The average molecular weight is 595 g/mol. The zero-order valence-corrected chi connectivity index (χ0v) is 26.1. The standard InChI is InChI=1S/C39H53F3O/c40-38(41,42)33-25-14-12-10-8-6-4-2-1-3-5-7-9-11-13-15-26-34-43-39(35-27-19-16-20-28-35,36-29-21-17-22-30-36)37-31-23-18-24-32-37/h16-24,27-32H,1-15,25-26,33-34H2. The smallest absolute Gasteiger partial charge is 0.361 e. The van der Waals surface area contributed by atoms with Gasteiger partial charge in [-0.05, 0) is 29.5 Å². The van der Waals surface area contributed by atoms with Crippen LogP contribution in [0.25, 0.3) is 0 Å². The van der Waals surface area contributed by atoms with E-state index in [1.807, 2.05) is 0 Å². The third kappa shape index (κ3) is 13.3. The number of benzene rings is 3. The fraction of sp³-hybridized carbons (Fsp3) is 0.538. The molecule has 4 heteroatoms. The number of alkyl halides is 3. The summed E-state index contributed by atoms with van der Waals surface area (Å²) in [6, 6.07) is 31.8. The summed E-state index contributed by atoms with van der Waals surface area (Å²) in [5.41, 5.74) is 2.85. The fourth-order valence-electron chi connectivity index (χ4n) is 6.07. The molecular formula is C39H53F3O. The van der Waals surface area contributed by atoms with Crippen molar-refractivity contribution >= 4 is 0 Å². The van der Waals surface area contributed by atoms with Gasteiger partial charge in [0.2, 0.25) is 0 Å². The molecule has 0 atom stereocenters. The Balaban J connectivity index is 1.25. The van der Waals surface area contributed by atoms with Crippen LogP contribution in [-0.2, 0) is 10.3 Å². The first-order chi connectivity index (χ1) is 21.0. The van der Waals surface area contributed by atoms with Crippen LogP contribution in [0.1, 0.15) is 132 Å². The van der Waals surface area contributed by atoms with Gasteiger partial charge in [-0.2, -0.15) is 13.2 Å². The molecule has 0 saturated carbocycles. The largest absolute Gasteiger partial charge is 0.389 e. The van der Waals surface area contributed by atoms with Crippen molar-refractivity contribution in [3.05, 3.63) is 108 Å². The van der Waals surface area contributed by atoms with E-state index in [2.05, 4.69) is 91.0 Å². The molecule has 0 aliphatic rings. The molecule has 0 aliphatic carbocycles. The molecule has 1 nitrogen and oxygen atoms in total. The van der Waals surface area contributed by atoms with E-state index in [1.165, 1.54) is 77.0 Å². The third-order valence-corrected chi connectivity index (χ3v) is 8.46. The maximum absolute atomic E-state index is 12.1. The highest BCUT2D eigenvalue weighted by atomic mass is 19.4. The van der Waals surface area contributed by atoms with Gasteiger partial charge in [0.05, 0.1) is 0 Å².